The molecule has 1 radical (unpaired) electrons. The van der Waals surface area contributed by atoms with Crippen LogP contribution in [0.5, 0.6) is 0 Å². The average Bonchev–Trinajstić information content (AvgIpc) is 2.51. The first-order valence-electron chi connectivity index (χ1n) is 9.53. The summed E-state index contributed by atoms with van der Waals surface area (Å²) < 4.78 is 6.17. The standard InChI is InChI=1S/C21H38NOSi/c1-18(21(2,3)4)15-16-20(23-24(5)6)22-17-11-10-14-19-12-8-7-9-13-19/h7-9,12-13,18,20,22H,10-11,14-17H2,1-6H3. The van der Waals surface area contributed by atoms with E-state index in [0.29, 0.717) is 11.3 Å². The number of unbranched alkanes of at least 4 members (excludes halogenated alkanes) is 1. The quantitative estimate of drug-likeness (QED) is 0.317. The highest BCUT2D eigenvalue weighted by molar-refractivity contribution is 6.48. The number of nitrogens with one attached hydrogen (secondary N) is 1. The fourth-order valence-electron chi connectivity index (χ4n) is 2.68. The molecule has 2 nitrogen and oxygen atoms in total. The minimum atomic E-state index is -0.663. The van der Waals surface area contributed by atoms with Gasteiger partial charge in [-0.3, -0.25) is 5.32 Å². The number of aryl methyl sites for hydroxylation is 1. The lowest BCUT2D eigenvalue weighted by atomic mass is 9.79. The van der Waals surface area contributed by atoms with Crippen molar-refractivity contribution in [2.24, 2.45) is 11.3 Å². The van der Waals surface area contributed by atoms with Crippen LogP contribution in [0.4, 0.5) is 0 Å². The molecule has 0 aliphatic carbocycles. The minimum Gasteiger partial charge on any atom is -0.402 e. The van der Waals surface area contributed by atoms with Crippen LogP contribution in [0.3, 0.4) is 0 Å². The van der Waals surface area contributed by atoms with Crippen molar-refractivity contribution in [3.8, 4) is 0 Å². The van der Waals surface area contributed by atoms with Crippen molar-refractivity contribution in [2.75, 3.05) is 6.54 Å². The van der Waals surface area contributed by atoms with E-state index in [2.05, 4.69) is 76.4 Å². The van der Waals surface area contributed by atoms with E-state index in [9.17, 15) is 0 Å². The van der Waals surface area contributed by atoms with Gasteiger partial charge >= 0.3 is 0 Å². The van der Waals surface area contributed by atoms with Gasteiger partial charge in [0.2, 0.25) is 9.04 Å². The van der Waals surface area contributed by atoms with Crippen LogP contribution in [0, 0.1) is 11.3 Å². The van der Waals surface area contributed by atoms with Crippen molar-refractivity contribution in [1.29, 1.82) is 0 Å². The van der Waals surface area contributed by atoms with Crippen LogP contribution in [0.15, 0.2) is 30.3 Å². The summed E-state index contributed by atoms with van der Waals surface area (Å²) >= 11 is 0. The van der Waals surface area contributed by atoms with Gasteiger partial charge in [-0.05, 0) is 68.6 Å². The normalized spacial score (nSPS) is 14.8. The Balaban J connectivity index is 2.27. The van der Waals surface area contributed by atoms with Crippen molar-refractivity contribution >= 4 is 9.04 Å². The molecule has 2 atom stereocenters. The van der Waals surface area contributed by atoms with Gasteiger partial charge in [0.05, 0.1) is 6.23 Å². The molecule has 0 amide bonds. The molecular weight excluding hydrogens is 310 g/mol. The highest BCUT2D eigenvalue weighted by Gasteiger charge is 2.21. The third-order valence-corrected chi connectivity index (χ3v) is 5.58. The van der Waals surface area contributed by atoms with Crippen LogP contribution >= 0.6 is 0 Å². The molecule has 137 valence electrons. The van der Waals surface area contributed by atoms with Gasteiger partial charge in [0.25, 0.3) is 0 Å². The maximum Gasteiger partial charge on any atom is 0.207 e. The van der Waals surface area contributed by atoms with Crippen LogP contribution in [-0.4, -0.2) is 21.8 Å². The lowest BCUT2D eigenvalue weighted by Crippen LogP contribution is -2.36. The van der Waals surface area contributed by atoms with Crippen LogP contribution in [0.25, 0.3) is 0 Å². The highest BCUT2D eigenvalue weighted by atomic mass is 28.3. The van der Waals surface area contributed by atoms with Gasteiger partial charge in [-0.15, -0.1) is 0 Å². The molecule has 0 aliphatic heterocycles. The smallest absolute Gasteiger partial charge is 0.207 e. The van der Waals surface area contributed by atoms with Crippen molar-refractivity contribution in [3.63, 3.8) is 0 Å². The van der Waals surface area contributed by atoms with Gasteiger partial charge in [-0.2, -0.15) is 0 Å². The van der Waals surface area contributed by atoms with E-state index in [-0.39, 0.29) is 6.23 Å². The van der Waals surface area contributed by atoms with Crippen LogP contribution in [0.2, 0.25) is 13.1 Å². The zero-order valence-corrected chi connectivity index (χ0v) is 17.7. The molecule has 1 rings (SSSR count). The molecule has 0 saturated carbocycles. The van der Waals surface area contributed by atoms with Gasteiger partial charge in [-0.25, -0.2) is 0 Å². The first-order chi connectivity index (χ1) is 11.3. The molecule has 0 fully saturated rings. The van der Waals surface area contributed by atoms with E-state index in [1.807, 2.05) is 0 Å². The monoisotopic (exact) mass is 348 g/mol. The van der Waals surface area contributed by atoms with Gasteiger partial charge in [0.1, 0.15) is 0 Å². The molecule has 1 aromatic rings. The predicted octanol–water partition coefficient (Wildman–Crippen LogP) is 5.66. The van der Waals surface area contributed by atoms with Gasteiger partial charge in [0.15, 0.2) is 0 Å². The summed E-state index contributed by atoms with van der Waals surface area (Å²) in [5.41, 5.74) is 1.82. The second kappa shape index (κ2) is 11.1. The molecule has 1 aromatic carbocycles. The Hall–Kier alpha value is -0.643. The molecule has 24 heavy (non-hydrogen) atoms. The van der Waals surface area contributed by atoms with Crippen molar-refractivity contribution < 1.29 is 4.43 Å². The number of hydrogen-bond donors (Lipinski definition) is 1. The van der Waals surface area contributed by atoms with Crippen molar-refractivity contribution in [3.05, 3.63) is 35.9 Å². The van der Waals surface area contributed by atoms with Crippen molar-refractivity contribution in [1.82, 2.24) is 5.32 Å². The summed E-state index contributed by atoms with van der Waals surface area (Å²) in [4.78, 5) is 0. The Morgan fingerprint density at radius 1 is 1.04 bits per heavy atom. The summed E-state index contributed by atoms with van der Waals surface area (Å²) in [6, 6.07) is 10.8. The Labute approximate surface area is 152 Å². The fourth-order valence-corrected chi connectivity index (χ4v) is 3.45. The summed E-state index contributed by atoms with van der Waals surface area (Å²) in [5.74, 6) is 0.716. The lowest BCUT2D eigenvalue weighted by molar-refractivity contribution is 0.131. The summed E-state index contributed by atoms with van der Waals surface area (Å²) in [6.45, 7) is 14.9. The highest BCUT2D eigenvalue weighted by Crippen LogP contribution is 2.29. The molecule has 0 spiro atoms. The maximum absolute atomic E-state index is 6.17. The van der Waals surface area contributed by atoms with Gasteiger partial charge in [0, 0.05) is 0 Å². The summed E-state index contributed by atoms with van der Waals surface area (Å²) in [6.07, 6.45) is 6.19. The number of benzene rings is 1. The molecule has 2 unspecified atom stereocenters. The first kappa shape index (κ1) is 21.4. The molecule has 0 saturated heterocycles. The Morgan fingerprint density at radius 3 is 2.29 bits per heavy atom. The molecule has 0 bridgehead atoms. The molecule has 0 aliphatic rings. The fraction of sp³-hybridized carbons (Fsp3) is 0.714. The minimum absolute atomic E-state index is 0.232. The Kier molecular flexibility index (Phi) is 9.87. The third-order valence-electron chi connectivity index (χ3n) is 4.83. The average molecular weight is 349 g/mol. The van der Waals surface area contributed by atoms with Gasteiger partial charge < -0.3 is 4.43 Å². The van der Waals surface area contributed by atoms with E-state index in [1.165, 1.54) is 31.2 Å². The molecule has 0 aromatic heterocycles. The molecule has 1 N–H and O–H groups in total. The van der Waals surface area contributed by atoms with Crippen LogP contribution in [0.1, 0.15) is 58.9 Å². The summed E-state index contributed by atoms with van der Waals surface area (Å²) in [5, 5.41) is 3.65. The van der Waals surface area contributed by atoms with E-state index < -0.39 is 9.04 Å². The zero-order valence-electron chi connectivity index (χ0n) is 16.7. The Morgan fingerprint density at radius 2 is 1.71 bits per heavy atom. The van der Waals surface area contributed by atoms with E-state index in [4.69, 9.17) is 4.43 Å². The Bertz CT molecular complexity index is 427. The van der Waals surface area contributed by atoms with Crippen LogP contribution in [-0.2, 0) is 10.8 Å². The van der Waals surface area contributed by atoms with E-state index >= 15 is 0 Å². The van der Waals surface area contributed by atoms with Crippen molar-refractivity contribution in [2.45, 2.75) is 79.1 Å². The van der Waals surface area contributed by atoms with Crippen LogP contribution < -0.4 is 5.32 Å². The SMILES string of the molecule is CC(CCC(NCCCCc1ccccc1)O[Si](C)C)C(C)(C)C. The van der Waals surface area contributed by atoms with E-state index in [1.54, 1.807) is 0 Å². The van der Waals surface area contributed by atoms with E-state index in [0.717, 1.165) is 13.0 Å². The number of hydrogen-bond acceptors (Lipinski definition) is 2. The second-order valence-electron chi connectivity index (χ2n) is 8.26. The zero-order chi connectivity index (χ0) is 18.0. The van der Waals surface area contributed by atoms with Gasteiger partial charge in [-0.1, -0.05) is 58.0 Å². The molecule has 3 heteroatoms. The topological polar surface area (TPSA) is 21.3 Å². The number of rotatable bonds is 11. The third kappa shape index (κ3) is 9.60. The first-order valence-corrected chi connectivity index (χ1v) is 11.9. The lowest BCUT2D eigenvalue weighted by Gasteiger charge is -2.29. The molecule has 0 heterocycles. The largest absolute Gasteiger partial charge is 0.402 e. The summed E-state index contributed by atoms with van der Waals surface area (Å²) in [7, 11) is -0.663. The maximum atomic E-state index is 6.17. The second-order valence-corrected chi connectivity index (χ2v) is 10.3. The predicted molar refractivity (Wildman–Crippen MR) is 108 cm³/mol. The molecular formula is C21H38NOSi.